The van der Waals surface area contributed by atoms with E-state index in [-0.39, 0.29) is 12.0 Å². The number of hydrogen-bond acceptors (Lipinski definition) is 5. The molecule has 0 saturated carbocycles. The van der Waals surface area contributed by atoms with Crippen molar-refractivity contribution in [1.29, 1.82) is 0 Å². The van der Waals surface area contributed by atoms with E-state index in [0.29, 0.717) is 23.4 Å². The van der Waals surface area contributed by atoms with E-state index in [1.165, 1.54) is 13.3 Å². The molecule has 3 aromatic rings. The maximum atomic E-state index is 13.0. The molecule has 1 N–H and O–H groups in total. The zero-order valence-corrected chi connectivity index (χ0v) is 16.6. The fraction of sp³-hybridized carbons (Fsp3) is 0.208. The Balaban J connectivity index is 1.63. The standard InChI is InChI=1S/C24H22N2O4/c1-29-24(28)20-10-9-17(22-8-5-11-30-22)13-21(20)26-23(27)19-12-18(14-25-15-19)16-6-3-2-4-7-16/h2-4,6-7,9-10,12-15,22H,5,8,11H2,1H3,(H,26,27). The van der Waals surface area contributed by atoms with Gasteiger partial charge in [0.05, 0.1) is 30.0 Å². The molecule has 1 unspecified atom stereocenters. The van der Waals surface area contributed by atoms with Crippen molar-refractivity contribution in [2.75, 3.05) is 19.0 Å². The Morgan fingerprint density at radius 2 is 1.90 bits per heavy atom. The summed E-state index contributed by atoms with van der Waals surface area (Å²) in [5, 5.41) is 2.85. The Hall–Kier alpha value is -3.51. The van der Waals surface area contributed by atoms with Gasteiger partial charge in [-0.05, 0) is 42.2 Å². The topological polar surface area (TPSA) is 77.5 Å². The summed E-state index contributed by atoms with van der Waals surface area (Å²) in [5.74, 6) is -0.865. The number of carbonyl (C=O) groups is 2. The third kappa shape index (κ3) is 4.23. The molecule has 1 saturated heterocycles. The molecule has 4 rings (SSSR count). The number of amides is 1. The molecule has 1 aromatic heterocycles. The van der Waals surface area contributed by atoms with Crippen LogP contribution in [-0.4, -0.2) is 30.6 Å². The Morgan fingerprint density at radius 3 is 2.63 bits per heavy atom. The highest BCUT2D eigenvalue weighted by molar-refractivity contribution is 6.08. The molecule has 0 radical (unpaired) electrons. The Kier molecular flexibility index (Phi) is 5.86. The first-order chi connectivity index (χ1) is 14.7. The monoisotopic (exact) mass is 402 g/mol. The molecule has 1 aliphatic heterocycles. The van der Waals surface area contributed by atoms with Crippen LogP contribution in [0.4, 0.5) is 5.69 Å². The van der Waals surface area contributed by atoms with Crippen LogP contribution in [0.15, 0.2) is 67.0 Å². The van der Waals surface area contributed by atoms with Crippen LogP contribution >= 0.6 is 0 Å². The van der Waals surface area contributed by atoms with E-state index in [4.69, 9.17) is 9.47 Å². The minimum atomic E-state index is -0.514. The van der Waals surface area contributed by atoms with Crippen LogP contribution in [0.3, 0.4) is 0 Å². The molecule has 0 spiro atoms. The summed E-state index contributed by atoms with van der Waals surface area (Å²) in [6.45, 7) is 0.711. The normalized spacial score (nSPS) is 15.6. The van der Waals surface area contributed by atoms with E-state index in [2.05, 4.69) is 10.3 Å². The first-order valence-electron chi connectivity index (χ1n) is 9.81. The highest BCUT2D eigenvalue weighted by Gasteiger charge is 2.22. The second kappa shape index (κ2) is 8.88. The van der Waals surface area contributed by atoms with Crippen LogP contribution in [-0.2, 0) is 9.47 Å². The highest BCUT2D eigenvalue weighted by Crippen LogP contribution is 2.32. The van der Waals surface area contributed by atoms with Crippen molar-refractivity contribution in [1.82, 2.24) is 4.98 Å². The molecule has 30 heavy (non-hydrogen) atoms. The lowest BCUT2D eigenvalue weighted by Crippen LogP contribution is -2.16. The van der Waals surface area contributed by atoms with Gasteiger partial charge in [-0.1, -0.05) is 36.4 Å². The van der Waals surface area contributed by atoms with Crippen LogP contribution in [0.25, 0.3) is 11.1 Å². The first kappa shape index (κ1) is 19.8. The predicted molar refractivity (Wildman–Crippen MR) is 113 cm³/mol. The zero-order chi connectivity index (χ0) is 20.9. The van der Waals surface area contributed by atoms with Gasteiger partial charge in [0.25, 0.3) is 5.91 Å². The summed E-state index contributed by atoms with van der Waals surface area (Å²) in [6, 6.07) is 16.8. The number of pyridine rings is 1. The van der Waals surface area contributed by atoms with Gasteiger partial charge in [-0.2, -0.15) is 0 Å². The molecule has 2 heterocycles. The number of carbonyl (C=O) groups excluding carboxylic acids is 2. The van der Waals surface area contributed by atoms with E-state index >= 15 is 0 Å². The fourth-order valence-corrected chi connectivity index (χ4v) is 3.54. The van der Waals surface area contributed by atoms with Gasteiger partial charge in [-0.25, -0.2) is 4.79 Å². The lowest BCUT2D eigenvalue weighted by molar-refractivity contribution is 0.0601. The maximum Gasteiger partial charge on any atom is 0.339 e. The Morgan fingerprint density at radius 1 is 1.07 bits per heavy atom. The van der Waals surface area contributed by atoms with Crippen LogP contribution < -0.4 is 5.32 Å². The van der Waals surface area contributed by atoms with Gasteiger partial charge in [-0.15, -0.1) is 0 Å². The Labute approximate surface area is 174 Å². The number of benzene rings is 2. The van der Waals surface area contributed by atoms with Gasteiger partial charge in [-0.3, -0.25) is 9.78 Å². The van der Waals surface area contributed by atoms with E-state index in [1.54, 1.807) is 24.4 Å². The molecule has 2 aromatic carbocycles. The van der Waals surface area contributed by atoms with Gasteiger partial charge in [0.1, 0.15) is 0 Å². The Bertz CT molecular complexity index is 1060. The van der Waals surface area contributed by atoms with Gasteiger partial charge < -0.3 is 14.8 Å². The van der Waals surface area contributed by atoms with Crippen LogP contribution in [0.5, 0.6) is 0 Å². The smallest absolute Gasteiger partial charge is 0.339 e. The van der Waals surface area contributed by atoms with Crippen molar-refractivity contribution in [2.45, 2.75) is 18.9 Å². The maximum absolute atomic E-state index is 13.0. The summed E-state index contributed by atoms with van der Waals surface area (Å²) >= 11 is 0. The molecule has 6 heteroatoms. The van der Waals surface area contributed by atoms with Crippen molar-refractivity contribution in [3.8, 4) is 11.1 Å². The summed E-state index contributed by atoms with van der Waals surface area (Å²) in [7, 11) is 1.31. The van der Waals surface area contributed by atoms with Crippen molar-refractivity contribution in [2.24, 2.45) is 0 Å². The van der Waals surface area contributed by atoms with Crippen molar-refractivity contribution in [3.05, 3.63) is 83.7 Å². The van der Waals surface area contributed by atoms with Crippen LogP contribution in [0.1, 0.15) is 45.2 Å². The molecule has 1 aliphatic rings. The number of hydrogen-bond donors (Lipinski definition) is 1. The van der Waals surface area contributed by atoms with E-state index in [9.17, 15) is 9.59 Å². The molecule has 0 bridgehead atoms. The average molecular weight is 402 g/mol. The second-order valence-electron chi connectivity index (χ2n) is 7.08. The van der Waals surface area contributed by atoms with Crippen LogP contribution in [0, 0.1) is 0 Å². The van der Waals surface area contributed by atoms with Crippen molar-refractivity contribution in [3.63, 3.8) is 0 Å². The minimum Gasteiger partial charge on any atom is -0.465 e. The number of aromatic nitrogens is 1. The van der Waals surface area contributed by atoms with E-state index < -0.39 is 5.97 Å². The van der Waals surface area contributed by atoms with Crippen molar-refractivity contribution < 1.29 is 19.1 Å². The number of esters is 1. The molecule has 1 atom stereocenters. The summed E-state index contributed by atoms with van der Waals surface area (Å²) in [5.41, 5.74) is 3.81. The summed E-state index contributed by atoms with van der Waals surface area (Å²) in [6.07, 6.45) is 5.08. The van der Waals surface area contributed by atoms with Gasteiger partial charge in [0, 0.05) is 24.6 Å². The number of rotatable bonds is 5. The SMILES string of the molecule is COC(=O)c1ccc(C2CCCO2)cc1NC(=O)c1cncc(-c2ccccc2)c1. The minimum absolute atomic E-state index is 0.0320. The van der Waals surface area contributed by atoms with Crippen LogP contribution in [0.2, 0.25) is 0 Å². The molecule has 6 nitrogen and oxygen atoms in total. The van der Waals surface area contributed by atoms with E-state index in [1.807, 2.05) is 36.4 Å². The predicted octanol–water partition coefficient (Wildman–Crippen LogP) is 4.64. The molecule has 1 fully saturated rings. The second-order valence-corrected chi connectivity index (χ2v) is 7.08. The third-order valence-electron chi connectivity index (χ3n) is 5.11. The number of anilines is 1. The van der Waals surface area contributed by atoms with Gasteiger partial charge in [0.2, 0.25) is 0 Å². The average Bonchev–Trinajstić information content (AvgIpc) is 3.34. The number of ether oxygens (including phenoxy) is 2. The van der Waals surface area contributed by atoms with Gasteiger partial charge >= 0.3 is 5.97 Å². The zero-order valence-electron chi connectivity index (χ0n) is 16.6. The van der Waals surface area contributed by atoms with Gasteiger partial charge in [0.15, 0.2) is 0 Å². The lowest BCUT2D eigenvalue weighted by atomic mass is 10.0. The molecule has 0 aliphatic carbocycles. The number of nitrogens with zero attached hydrogens (tertiary/aromatic N) is 1. The molecular formula is C24H22N2O4. The highest BCUT2D eigenvalue weighted by atomic mass is 16.5. The third-order valence-corrected chi connectivity index (χ3v) is 5.11. The fourth-order valence-electron chi connectivity index (χ4n) is 3.54. The first-order valence-corrected chi connectivity index (χ1v) is 9.81. The van der Waals surface area contributed by atoms with Crippen molar-refractivity contribution >= 4 is 17.6 Å². The summed E-state index contributed by atoms with van der Waals surface area (Å²) in [4.78, 5) is 29.4. The molecule has 152 valence electrons. The molecular weight excluding hydrogens is 380 g/mol. The number of methoxy groups -OCH3 is 1. The largest absolute Gasteiger partial charge is 0.465 e. The summed E-state index contributed by atoms with van der Waals surface area (Å²) < 4.78 is 10.6. The number of nitrogens with one attached hydrogen (secondary N) is 1. The quantitative estimate of drug-likeness (QED) is 0.629. The van der Waals surface area contributed by atoms with E-state index in [0.717, 1.165) is 29.5 Å². The lowest BCUT2D eigenvalue weighted by Gasteiger charge is -2.15. The molecule has 1 amide bonds.